The van der Waals surface area contributed by atoms with Crippen molar-refractivity contribution in [2.24, 2.45) is 0 Å². The zero-order chi connectivity index (χ0) is 15.0. The zero-order valence-electron chi connectivity index (χ0n) is 11.8. The summed E-state index contributed by atoms with van der Waals surface area (Å²) in [5, 5.41) is 17.8. The Bertz CT molecular complexity index is 527. The van der Waals surface area contributed by atoms with Crippen LogP contribution in [0.15, 0.2) is 48.5 Å². The molecule has 0 aromatic heterocycles. The molecule has 0 spiro atoms. The number of benzene rings is 2. The van der Waals surface area contributed by atoms with E-state index >= 15 is 0 Å². The van der Waals surface area contributed by atoms with E-state index in [2.05, 4.69) is 0 Å². The van der Waals surface area contributed by atoms with E-state index < -0.39 is 5.97 Å². The van der Waals surface area contributed by atoms with Crippen molar-refractivity contribution >= 4 is 5.97 Å². The van der Waals surface area contributed by atoms with Gasteiger partial charge in [0.2, 0.25) is 0 Å². The third-order valence-electron chi connectivity index (χ3n) is 2.78. The van der Waals surface area contributed by atoms with E-state index in [1.807, 2.05) is 50.2 Å². The van der Waals surface area contributed by atoms with Crippen LogP contribution in [0.4, 0.5) is 0 Å². The second-order valence-corrected chi connectivity index (χ2v) is 4.14. The SMILES string of the molecule is CC.O=C(O)CCc1ccc(-c2ccc(O)cc2)cc1. The van der Waals surface area contributed by atoms with Crippen LogP contribution in [0, 0.1) is 0 Å². The number of aliphatic carboxylic acids is 1. The number of phenols is 1. The van der Waals surface area contributed by atoms with E-state index in [0.29, 0.717) is 6.42 Å². The number of hydrogen-bond donors (Lipinski definition) is 2. The van der Waals surface area contributed by atoms with Crippen LogP contribution >= 0.6 is 0 Å². The second kappa shape index (κ2) is 8.00. The number of carbonyl (C=O) groups is 1. The lowest BCUT2D eigenvalue weighted by molar-refractivity contribution is -0.136. The Hall–Kier alpha value is -2.29. The van der Waals surface area contributed by atoms with Crippen molar-refractivity contribution in [1.29, 1.82) is 0 Å². The lowest BCUT2D eigenvalue weighted by Gasteiger charge is -2.04. The predicted molar refractivity (Wildman–Crippen MR) is 80.8 cm³/mol. The molecule has 20 heavy (non-hydrogen) atoms. The summed E-state index contributed by atoms with van der Waals surface area (Å²) < 4.78 is 0. The van der Waals surface area contributed by atoms with Crippen molar-refractivity contribution in [3.63, 3.8) is 0 Å². The molecule has 0 aliphatic carbocycles. The summed E-state index contributed by atoms with van der Waals surface area (Å²) in [6.07, 6.45) is 0.698. The van der Waals surface area contributed by atoms with Gasteiger partial charge in [0.15, 0.2) is 0 Å². The Morgan fingerprint density at radius 2 is 1.35 bits per heavy atom. The van der Waals surface area contributed by atoms with Gasteiger partial charge in [-0.3, -0.25) is 4.79 Å². The fraction of sp³-hybridized carbons (Fsp3) is 0.235. The van der Waals surface area contributed by atoms with Crippen molar-refractivity contribution in [2.75, 3.05) is 0 Å². The standard InChI is InChI=1S/C15H14O3.C2H6/c16-14-8-6-13(7-9-14)12-4-1-11(2-5-12)3-10-15(17)18;1-2/h1-2,4-9,16H,3,10H2,(H,17,18);1-2H3. The molecule has 0 radical (unpaired) electrons. The van der Waals surface area contributed by atoms with Crippen molar-refractivity contribution < 1.29 is 15.0 Å². The largest absolute Gasteiger partial charge is 0.508 e. The highest BCUT2D eigenvalue weighted by Crippen LogP contribution is 2.22. The van der Waals surface area contributed by atoms with E-state index in [1.54, 1.807) is 12.1 Å². The summed E-state index contributed by atoms with van der Waals surface area (Å²) >= 11 is 0. The maximum atomic E-state index is 10.5. The van der Waals surface area contributed by atoms with Gasteiger partial charge in [0.1, 0.15) is 5.75 Å². The molecule has 0 aliphatic heterocycles. The molecule has 2 N–H and O–H groups in total. The average Bonchev–Trinajstić information content (AvgIpc) is 2.49. The van der Waals surface area contributed by atoms with Crippen molar-refractivity contribution in [2.45, 2.75) is 26.7 Å². The van der Waals surface area contributed by atoms with Gasteiger partial charge in [-0.05, 0) is 35.2 Å². The van der Waals surface area contributed by atoms with Gasteiger partial charge >= 0.3 is 5.97 Å². The Balaban J connectivity index is 0.000000956. The number of carboxylic acids is 1. The molecule has 0 saturated carbocycles. The summed E-state index contributed by atoms with van der Waals surface area (Å²) in [6.45, 7) is 4.00. The van der Waals surface area contributed by atoms with Crippen LogP contribution in [0.2, 0.25) is 0 Å². The van der Waals surface area contributed by atoms with Crippen LogP contribution in [0.5, 0.6) is 5.75 Å². The molecule has 0 bridgehead atoms. The fourth-order valence-corrected chi connectivity index (χ4v) is 1.77. The molecule has 0 heterocycles. The van der Waals surface area contributed by atoms with Crippen LogP contribution in [0.3, 0.4) is 0 Å². The van der Waals surface area contributed by atoms with Crippen molar-refractivity contribution in [1.82, 2.24) is 0 Å². The Morgan fingerprint density at radius 1 is 0.900 bits per heavy atom. The van der Waals surface area contributed by atoms with Crippen LogP contribution in [-0.4, -0.2) is 16.2 Å². The molecule has 0 aliphatic rings. The Morgan fingerprint density at radius 3 is 1.80 bits per heavy atom. The average molecular weight is 272 g/mol. The number of aromatic hydroxyl groups is 1. The van der Waals surface area contributed by atoms with Gasteiger partial charge in [-0.2, -0.15) is 0 Å². The first-order valence-electron chi connectivity index (χ1n) is 6.75. The highest BCUT2D eigenvalue weighted by Gasteiger charge is 2.01. The van der Waals surface area contributed by atoms with Gasteiger partial charge < -0.3 is 10.2 Å². The predicted octanol–water partition coefficient (Wildman–Crippen LogP) is 4.10. The minimum Gasteiger partial charge on any atom is -0.508 e. The van der Waals surface area contributed by atoms with E-state index in [1.165, 1.54) is 0 Å². The molecule has 3 nitrogen and oxygen atoms in total. The zero-order valence-corrected chi connectivity index (χ0v) is 11.8. The van der Waals surface area contributed by atoms with Crippen LogP contribution in [0.25, 0.3) is 11.1 Å². The number of aryl methyl sites for hydroxylation is 1. The van der Waals surface area contributed by atoms with Crippen LogP contribution < -0.4 is 0 Å². The topological polar surface area (TPSA) is 57.5 Å². The quantitative estimate of drug-likeness (QED) is 0.880. The molecular weight excluding hydrogens is 252 g/mol. The lowest BCUT2D eigenvalue weighted by Crippen LogP contribution is -1.97. The first-order chi connectivity index (χ1) is 9.65. The number of carboxylic acid groups (broad SMARTS) is 1. The summed E-state index contributed by atoms with van der Waals surface area (Å²) in [6, 6.07) is 14.8. The van der Waals surface area contributed by atoms with Gasteiger partial charge in [0, 0.05) is 6.42 Å². The molecule has 2 rings (SSSR count). The molecular formula is C17H20O3. The highest BCUT2D eigenvalue weighted by atomic mass is 16.4. The molecule has 0 fully saturated rings. The minimum atomic E-state index is -0.780. The number of phenolic OH excluding ortho intramolecular Hbond substituents is 1. The van der Waals surface area contributed by atoms with Gasteiger partial charge in [-0.15, -0.1) is 0 Å². The fourth-order valence-electron chi connectivity index (χ4n) is 1.77. The molecule has 3 heteroatoms. The Kier molecular flexibility index (Phi) is 6.30. The monoisotopic (exact) mass is 272 g/mol. The molecule has 0 atom stereocenters. The first kappa shape index (κ1) is 15.8. The minimum absolute atomic E-state index is 0.151. The van der Waals surface area contributed by atoms with E-state index in [0.717, 1.165) is 16.7 Å². The molecule has 106 valence electrons. The summed E-state index contributed by atoms with van der Waals surface area (Å²) in [4.78, 5) is 10.5. The maximum Gasteiger partial charge on any atom is 0.303 e. The third-order valence-corrected chi connectivity index (χ3v) is 2.78. The third kappa shape index (κ3) is 4.76. The summed E-state index contributed by atoms with van der Waals surface area (Å²) in [5.41, 5.74) is 3.09. The number of rotatable bonds is 4. The van der Waals surface area contributed by atoms with Gasteiger partial charge in [-0.25, -0.2) is 0 Å². The molecule has 0 saturated heterocycles. The first-order valence-corrected chi connectivity index (χ1v) is 6.75. The summed E-state index contributed by atoms with van der Waals surface area (Å²) in [5.74, 6) is -0.533. The Labute approximate surface area is 119 Å². The normalized spacial score (nSPS) is 9.50. The van der Waals surface area contributed by atoms with E-state index in [4.69, 9.17) is 5.11 Å². The highest BCUT2D eigenvalue weighted by molar-refractivity contribution is 5.67. The molecule has 0 amide bonds. The van der Waals surface area contributed by atoms with E-state index in [-0.39, 0.29) is 12.2 Å². The van der Waals surface area contributed by atoms with Crippen LogP contribution in [-0.2, 0) is 11.2 Å². The summed E-state index contributed by atoms with van der Waals surface area (Å²) in [7, 11) is 0. The van der Waals surface area contributed by atoms with Crippen molar-refractivity contribution in [3.8, 4) is 16.9 Å². The molecule has 0 unspecified atom stereocenters. The second-order valence-electron chi connectivity index (χ2n) is 4.14. The van der Waals surface area contributed by atoms with Gasteiger partial charge in [0.05, 0.1) is 0 Å². The van der Waals surface area contributed by atoms with Gasteiger partial charge in [0.25, 0.3) is 0 Å². The molecule has 2 aromatic rings. The molecule has 2 aromatic carbocycles. The van der Waals surface area contributed by atoms with Crippen molar-refractivity contribution in [3.05, 3.63) is 54.1 Å². The van der Waals surface area contributed by atoms with Gasteiger partial charge in [-0.1, -0.05) is 50.2 Å². The number of hydrogen-bond acceptors (Lipinski definition) is 2. The lowest BCUT2D eigenvalue weighted by atomic mass is 10.0. The smallest absolute Gasteiger partial charge is 0.303 e. The van der Waals surface area contributed by atoms with Crippen LogP contribution in [0.1, 0.15) is 25.8 Å². The van der Waals surface area contributed by atoms with E-state index in [9.17, 15) is 9.90 Å². The maximum absolute atomic E-state index is 10.5.